The second kappa shape index (κ2) is 6.78. The Morgan fingerprint density at radius 2 is 1.68 bits per heavy atom. The van der Waals surface area contributed by atoms with E-state index in [2.05, 4.69) is 70.2 Å². The highest BCUT2D eigenvalue weighted by molar-refractivity contribution is 5.70. The van der Waals surface area contributed by atoms with Crippen LogP contribution in [0.2, 0.25) is 0 Å². The average Bonchev–Trinajstić information content (AvgIpc) is 3.37. The first-order valence-corrected chi connectivity index (χ1v) is 9.24. The smallest absolute Gasteiger partial charge is 0.160 e. The number of nitrogens with one attached hydrogen (secondary N) is 1. The summed E-state index contributed by atoms with van der Waals surface area (Å²) in [5, 5.41) is 6.97. The zero-order valence-electron chi connectivity index (χ0n) is 15.5. The summed E-state index contributed by atoms with van der Waals surface area (Å²) in [5.41, 5.74) is 7.54. The van der Waals surface area contributed by atoms with E-state index in [1.165, 1.54) is 16.7 Å². The molecule has 5 nitrogen and oxygen atoms in total. The van der Waals surface area contributed by atoms with Gasteiger partial charge in [0, 0.05) is 24.2 Å². The number of benzene rings is 2. The van der Waals surface area contributed by atoms with Crippen molar-refractivity contribution in [1.82, 2.24) is 24.7 Å². The van der Waals surface area contributed by atoms with E-state index in [0.717, 1.165) is 35.0 Å². The lowest BCUT2D eigenvalue weighted by Crippen LogP contribution is -2.01. The van der Waals surface area contributed by atoms with E-state index < -0.39 is 0 Å². The molecule has 1 N–H and O–H groups in total. The molecular formula is C23H19N5. The molecule has 0 atom stereocenters. The van der Waals surface area contributed by atoms with Crippen LogP contribution >= 0.6 is 0 Å². The van der Waals surface area contributed by atoms with Crippen LogP contribution in [0.1, 0.15) is 11.3 Å². The summed E-state index contributed by atoms with van der Waals surface area (Å²) in [4.78, 5) is 9.42. The summed E-state index contributed by atoms with van der Waals surface area (Å²) in [6.45, 7) is 2.84. The van der Waals surface area contributed by atoms with Crippen molar-refractivity contribution in [3.05, 3.63) is 90.5 Å². The molecule has 0 bridgehead atoms. The highest BCUT2D eigenvalue weighted by Gasteiger charge is 2.13. The summed E-state index contributed by atoms with van der Waals surface area (Å²) in [5.74, 6) is 0.755. The molecule has 0 saturated heterocycles. The van der Waals surface area contributed by atoms with Crippen molar-refractivity contribution in [3.63, 3.8) is 0 Å². The maximum Gasteiger partial charge on any atom is 0.160 e. The summed E-state index contributed by atoms with van der Waals surface area (Å²) >= 11 is 0. The molecule has 0 radical (unpaired) electrons. The van der Waals surface area contributed by atoms with Crippen molar-refractivity contribution < 1.29 is 0 Å². The van der Waals surface area contributed by atoms with Crippen LogP contribution in [0.3, 0.4) is 0 Å². The monoisotopic (exact) mass is 365 g/mol. The molecule has 0 unspecified atom stereocenters. The SMILES string of the molecule is Cc1cccc(-c2ccc(-c3nc4ccn(Cc5ccn[nH]5)cc-4n3)cc2)c1. The Bertz CT molecular complexity index is 1190. The Morgan fingerprint density at radius 1 is 0.857 bits per heavy atom. The summed E-state index contributed by atoms with van der Waals surface area (Å²) < 4.78 is 2.08. The van der Waals surface area contributed by atoms with E-state index in [9.17, 15) is 0 Å². The molecule has 3 aromatic rings. The van der Waals surface area contributed by atoms with Gasteiger partial charge in [0.15, 0.2) is 5.82 Å². The zero-order valence-corrected chi connectivity index (χ0v) is 15.5. The maximum atomic E-state index is 4.73. The van der Waals surface area contributed by atoms with Gasteiger partial charge in [0.25, 0.3) is 0 Å². The Balaban J connectivity index is 1.43. The number of aromatic amines is 1. The topological polar surface area (TPSA) is 59.4 Å². The minimum Gasteiger partial charge on any atom is -0.346 e. The fourth-order valence-corrected chi connectivity index (χ4v) is 3.39. The number of hydrogen-bond donors (Lipinski definition) is 1. The highest BCUT2D eigenvalue weighted by atomic mass is 15.1. The first kappa shape index (κ1) is 16.4. The van der Waals surface area contributed by atoms with E-state index in [1.54, 1.807) is 6.20 Å². The molecule has 2 aliphatic rings. The molecule has 0 amide bonds. The molecule has 3 heterocycles. The normalized spacial score (nSPS) is 11.2. The molecule has 1 aromatic heterocycles. The van der Waals surface area contributed by atoms with E-state index >= 15 is 0 Å². The van der Waals surface area contributed by atoms with Crippen molar-refractivity contribution >= 4 is 0 Å². The summed E-state index contributed by atoms with van der Waals surface area (Å²) in [6.07, 6.45) is 5.80. The van der Waals surface area contributed by atoms with Crippen LogP contribution in [0.5, 0.6) is 0 Å². The zero-order chi connectivity index (χ0) is 18.9. The van der Waals surface area contributed by atoms with Crippen molar-refractivity contribution in [1.29, 1.82) is 0 Å². The van der Waals surface area contributed by atoms with Crippen LogP contribution in [-0.4, -0.2) is 24.7 Å². The number of aromatic nitrogens is 5. The fraction of sp³-hybridized carbons (Fsp3) is 0.0870. The van der Waals surface area contributed by atoms with Gasteiger partial charge in [-0.25, -0.2) is 9.97 Å². The molecule has 28 heavy (non-hydrogen) atoms. The molecule has 136 valence electrons. The third-order valence-electron chi connectivity index (χ3n) is 4.83. The predicted octanol–water partition coefficient (Wildman–Crippen LogP) is 4.80. The van der Waals surface area contributed by atoms with Crippen molar-refractivity contribution in [2.75, 3.05) is 0 Å². The number of hydrogen-bond acceptors (Lipinski definition) is 3. The molecule has 2 aliphatic heterocycles. The Hall–Kier alpha value is -3.73. The minimum atomic E-state index is 0.726. The molecule has 0 saturated carbocycles. The number of aryl methyl sites for hydroxylation is 1. The van der Waals surface area contributed by atoms with Gasteiger partial charge in [-0.2, -0.15) is 5.10 Å². The van der Waals surface area contributed by atoms with Crippen LogP contribution in [0.25, 0.3) is 33.9 Å². The van der Waals surface area contributed by atoms with Crippen LogP contribution in [0, 0.1) is 6.92 Å². The molecule has 2 aromatic carbocycles. The van der Waals surface area contributed by atoms with Gasteiger partial charge in [-0.05, 0) is 30.2 Å². The van der Waals surface area contributed by atoms with Crippen LogP contribution in [-0.2, 0) is 6.54 Å². The molecule has 5 rings (SSSR count). The Labute approximate surface area is 163 Å². The molecule has 0 fully saturated rings. The van der Waals surface area contributed by atoms with E-state index in [4.69, 9.17) is 9.97 Å². The second-order valence-corrected chi connectivity index (χ2v) is 6.96. The second-order valence-electron chi connectivity index (χ2n) is 6.96. The van der Waals surface area contributed by atoms with Crippen LogP contribution in [0.15, 0.2) is 79.3 Å². The van der Waals surface area contributed by atoms with Gasteiger partial charge in [0.1, 0.15) is 5.69 Å². The van der Waals surface area contributed by atoms with Crippen molar-refractivity contribution in [3.8, 4) is 33.9 Å². The quantitative estimate of drug-likeness (QED) is 0.498. The third kappa shape index (κ3) is 3.18. The Morgan fingerprint density at radius 3 is 2.46 bits per heavy atom. The van der Waals surface area contributed by atoms with Crippen LogP contribution in [0.4, 0.5) is 0 Å². The number of fused-ring (bicyclic) bond motifs is 1. The highest BCUT2D eigenvalue weighted by Crippen LogP contribution is 2.27. The van der Waals surface area contributed by atoms with Gasteiger partial charge in [-0.1, -0.05) is 54.1 Å². The van der Waals surface area contributed by atoms with Gasteiger partial charge in [-0.3, -0.25) is 5.10 Å². The lowest BCUT2D eigenvalue weighted by molar-refractivity contribution is 0.761. The Kier molecular flexibility index (Phi) is 3.98. The van der Waals surface area contributed by atoms with E-state index in [1.807, 2.05) is 24.5 Å². The standard InChI is InChI=1S/C23H19N5/c1-16-3-2-4-19(13-16)17-5-7-18(8-6-17)23-25-21-10-12-28(15-22(21)26-23)14-20-9-11-24-27-20/h2-13,15H,14H2,1H3,(H,24,27). The first-order valence-electron chi connectivity index (χ1n) is 9.24. The summed E-state index contributed by atoms with van der Waals surface area (Å²) in [6, 6.07) is 20.9. The largest absolute Gasteiger partial charge is 0.346 e. The van der Waals surface area contributed by atoms with Crippen LogP contribution < -0.4 is 0 Å². The molecule has 0 spiro atoms. The fourth-order valence-electron chi connectivity index (χ4n) is 3.39. The van der Waals surface area contributed by atoms with E-state index in [-0.39, 0.29) is 0 Å². The lowest BCUT2D eigenvalue weighted by atomic mass is 10.0. The predicted molar refractivity (Wildman–Crippen MR) is 110 cm³/mol. The maximum absolute atomic E-state index is 4.73. The molecular weight excluding hydrogens is 346 g/mol. The van der Waals surface area contributed by atoms with E-state index in [0.29, 0.717) is 0 Å². The van der Waals surface area contributed by atoms with Gasteiger partial charge in [0.2, 0.25) is 0 Å². The van der Waals surface area contributed by atoms with Gasteiger partial charge in [0.05, 0.1) is 17.9 Å². The van der Waals surface area contributed by atoms with Gasteiger partial charge >= 0.3 is 0 Å². The number of H-pyrrole nitrogens is 1. The molecule has 5 heteroatoms. The number of rotatable bonds is 4. The van der Waals surface area contributed by atoms with Crippen molar-refractivity contribution in [2.45, 2.75) is 13.5 Å². The average molecular weight is 365 g/mol. The third-order valence-corrected chi connectivity index (χ3v) is 4.83. The number of imidazole rings is 1. The number of pyridine rings is 1. The van der Waals surface area contributed by atoms with Crippen molar-refractivity contribution in [2.24, 2.45) is 0 Å². The summed E-state index contributed by atoms with van der Waals surface area (Å²) in [7, 11) is 0. The minimum absolute atomic E-state index is 0.726. The lowest BCUT2D eigenvalue weighted by Gasteiger charge is -2.05. The van der Waals surface area contributed by atoms with Gasteiger partial charge < -0.3 is 4.57 Å². The first-order chi connectivity index (χ1) is 13.7. The molecule has 0 aliphatic carbocycles. The van der Waals surface area contributed by atoms with Gasteiger partial charge in [-0.15, -0.1) is 0 Å². The number of nitrogens with zero attached hydrogens (tertiary/aromatic N) is 4.